The highest BCUT2D eigenvalue weighted by Crippen LogP contribution is 2.37. The van der Waals surface area contributed by atoms with Gasteiger partial charge in [-0.1, -0.05) is 42.5 Å². The van der Waals surface area contributed by atoms with Gasteiger partial charge in [0.2, 0.25) is 43.8 Å². The van der Waals surface area contributed by atoms with Gasteiger partial charge in [-0.05, 0) is 123 Å². The number of aromatic nitrogens is 9. The molecule has 0 spiro atoms. The molecule has 102 heavy (non-hydrogen) atoms. The van der Waals surface area contributed by atoms with Crippen LogP contribution in [-0.2, 0) is 70.3 Å². The van der Waals surface area contributed by atoms with Gasteiger partial charge in [0.15, 0.2) is 0 Å². The number of nitrogens with two attached hydrogens (primary N) is 1. The number of fused-ring (bicyclic) bond motifs is 6. The topological polar surface area (TPSA) is 272 Å². The highest BCUT2D eigenvalue weighted by molar-refractivity contribution is 7.89. The Morgan fingerprint density at radius 2 is 0.912 bits per heavy atom. The number of ether oxygens (including phenoxy) is 3. The Morgan fingerprint density at radius 1 is 0.510 bits per heavy atom. The predicted octanol–water partition coefficient (Wildman–Crippen LogP) is 11.5. The molecule has 524 valence electrons. The fourth-order valence-electron chi connectivity index (χ4n) is 13.3. The SMILES string of the molecule is Cc1cn2c(NCc3c(F)ccc4c3CCO4)ncc(-c3ccc(CN4CCCC4=O)cc3)c2n1.Cc1cn2c(NCc3c(F)ccc4c3CCO4)ncc(-c3ccc(S(=O)(=O)N(C)C)cc3C)c2n1.Cc1cn2c(NCc3c(F)ccc4c3CCO4)ncc(-c3ccc(S(N)(=O)=O)cc3)c2n1. The summed E-state index contributed by atoms with van der Waals surface area (Å²) in [7, 11) is -4.30. The largest absolute Gasteiger partial charge is 0.493 e. The standard InChI is InChI=1S/C27H26FN5O2.C25H26FN5O3S.C22H20FN5O3S/c1-17-15-33-26(31-17)21(19-6-4-18(5-7-19)16-32-11-2-3-25(32)34)13-29-27(33)30-14-22-20-10-12-35-24(20)9-8-23(22)28;1-15-11-17(35(32,33)30(3)4)5-6-18(15)21-13-28-25(31-14-16(2)29-24(21)31)27-12-20-19-9-10-34-23(19)8-7-22(20)26;1-13-12-28-21(27-13)17(14-2-4-15(5-3-14)32(24,29)30)10-25-22(28)26-11-18-16-8-9-31-20(16)7-6-19(18)23/h4-9,13,15H,2-3,10-12,14,16H2,1H3,(H,29,30);5-8,11,13-14H,9-10,12H2,1-4H3,(H,27,28);2-7,10,12H,8-9,11H2,1H3,(H,25,26)(H2,24,29,30). The second-order valence-electron chi connectivity index (χ2n) is 25.5. The van der Waals surface area contributed by atoms with Crippen molar-refractivity contribution in [1.82, 2.24) is 52.3 Å². The highest BCUT2D eigenvalue weighted by atomic mass is 32.2. The second kappa shape index (κ2) is 27.9. The molecule has 12 aromatic rings. The normalized spacial score (nSPS) is 13.9. The van der Waals surface area contributed by atoms with Gasteiger partial charge >= 0.3 is 0 Å². The Bertz CT molecular complexity index is 5520. The molecule has 4 aliphatic heterocycles. The Balaban J connectivity index is 0.000000130. The van der Waals surface area contributed by atoms with Gasteiger partial charge < -0.3 is 35.1 Å². The van der Waals surface area contributed by atoms with Gasteiger partial charge in [0, 0.05) is 160 Å². The number of sulfonamides is 2. The summed E-state index contributed by atoms with van der Waals surface area (Å²) < 4.78 is 115. The average molecular weight is 1420 g/mol. The number of primary sulfonamides is 1. The Labute approximate surface area is 586 Å². The number of hydrogen-bond donors (Lipinski definition) is 4. The summed E-state index contributed by atoms with van der Waals surface area (Å²) in [6, 6.07) is 28.8. The zero-order valence-electron chi connectivity index (χ0n) is 56.7. The minimum atomic E-state index is -3.77. The molecule has 16 rings (SSSR count). The molecule has 0 atom stereocenters. The van der Waals surface area contributed by atoms with Crippen LogP contribution in [0.15, 0.2) is 150 Å². The lowest BCUT2D eigenvalue weighted by molar-refractivity contribution is -0.128. The van der Waals surface area contributed by atoms with Crippen LogP contribution in [0, 0.1) is 45.1 Å². The van der Waals surface area contributed by atoms with Crippen LogP contribution in [-0.4, -0.2) is 116 Å². The number of hydrogen-bond acceptors (Lipinski definition) is 17. The second-order valence-corrected chi connectivity index (χ2v) is 29.2. The maximum absolute atomic E-state index is 14.6. The fraction of sp³-hybridized carbons (Fsp3) is 0.257. The van der Waals surface area contributed by atoms with Crippen molar-refractivity contribution in [2.45, 2.75) is 95.8 Å². The Kier molecular flexibility index (Phi) is 18.6. The van der Waals surface area contributed by atoms with Crippen molar-refractivity contribution in [3.63, 3.8) is 0 Å². The number of amides is 1. The molecule has 1 fully saturated rings. The average Bonchev–Trinajstić information content (AvgIpc) is 1.49. The first kappa shape index (κ1) is 68.2. The van der Waals surface area contributed by atoms with E-state index in [1.54, 1.807) is 71.5 Å². The Hall–Kier alpha value is -10.9. The number of aryl methyl sites for hydroxylation is 4. The Morgan fingerprint density at radius 3 is 1.30 bits per heavy atom. The third-order valence-corrected chi connectivity index (χ3v) is 21.2. The number of likely N-dealkylation sites (tertiary alicyclic amines) is 1. The van der Waals surface area contributed by atoms with E-state index in [2.05, 4.69) is 53.0 Å². The summed E-state index contributed by atoms with van der Waals surface area (Å²) in [5.74, 6) is 3.27. The lowest BCUT2D eigenvalue weighted by atomic mass is 10.0. The van der Waals surface area contributed by atoms with E-state index in [0.29, 0.717) is 104 Å². The highest BCUT2D eigenvalue weighted by Gasteiger charge is 2.27. The molecule has 0 radical (unpaired) electrons. The number of benzene rings is 6. The molecule has 0 aliphatic carbocycles. The first-order chi connectivity index (χ1) is 49.0. The molecule has 23 nitrogen and oxygen atoms in total. The number of carbonyl (C=O) groups is 1. The van der Waals surface area contributed by atoms with Gasteiger partial charge in [0.1, 0.15) is 51.6 Å². The molecule has 0 bridgehead atoms. The molecule has 1 saturated heterocycles. The maximum atomic E-state index is 14.6. The van der Waals surface area contributed by atoms with Crippen LogP contribution in [0.3, 0.4) is 0 Å². The van der Waals surface area contributed by atoms with Crippen molar-refractivity contribution in [3.05, 3.63) is 219 Å². The van der Waals surface area contributed by atoms with Crippen LogP contribution in [0.25, 0.3) is 50.3 Å². The van der Waals surface area contributed by atoms with E-state index in [-0.39, 0.29) is 46.2 Å². The quantitative estimate of drug-likeness (QED) is 0.0659. The smallest absolute Gasteiger partial charge is 0.242 e. The van der Waals surface area contributed by atoms with E-state index in [4.69, 9.17) is 24.3 Å². The van der Waals surface area contributed by atoms with Gasteiger partial charge in [-0.3, -0.25) is 18.0 Å². The van der Waals surface area contributed by atoms with Crippen LogP contribution in [0.2, 0.25) is 0 Å². The summed E-state index contributed by atoms with van der Waals surface area (Å²) in [6.45, 7) is 11.5. The maximum Gasteiger partial charge on any atom is 0.242 e. The molecule has 4 aliphatic rings. The fourth-order valence-corrected chi connectivity index (χ4v) is 14.8. The monoisotopic (exact) mass is 1420 g/mol. The first-order valence-electron chi connectivity index (χ1n) is 33.1. The van der Waals surface area contributed by atoms with Gasteiger partial charge in [0.25, 0.3) is 0 Å². The third-order valence-electron chi connectivity index (χ3n) is 18.5. The number of nitrogens with zero attached hydrogens (tertiary/aromatic N) is 11. The number of carbonyl (C=O) groups excluding carboxylic acids is 1. The summed E-state index contributed by atoms with van der Waals surface area (Å²) in [5, 5.41) is 15.0. The zero-order chi connectivity index (χ0) is 71.3. The third kappa shape index (κ3) is 13.6. The zero-order valence-corrected chi connectivity index (χ0v) is 58.3. The molecular formula is C74H72F3N15O8S2. The lowest BCUT2D eigenvalue weighted by Crippen LogP contribution is -2.23. The molecule has 6 aromatic carbocycles. The van der Waals surface area contributed by atoms with Crippen LogP contribution < -0.4 is 35.3 Å². The van der Waals surface area contributed by atoms with Crippen LogP contribution >= 0.6 is 0 Å². The minimum absolute atomic E-state index is 0.0319. The lowest BCUT2D eigenvalue weighted by Gasteiger charge is -2.16. The van der Waals surface area contributed by atoms with Crippen molar-refractivity contribution in [3.8, 4) is 50.6 Å². The summed E-state index contributed by atoms with van der Waals surface area (Å²) in [4.78, 5) is 41.9. The molecular weight excluding hydrogens is 1350 g/mol. The molecule has 1 amide bonds. The van der Waals surface area contributed by atoms with Gasteiger partial charge in [-0.25, -0.2) is 69.4 Å². The number of anilines is 3. The van der Waals surface area contributed by atoms with Gasteiger partial charge in [-0.15, -0.1) is 0 Å². The van der Waals surface area contributed by atoms with Crippen molar-refractivity contribution in [2.75, 3.05) is 56.4 Å². The van der Waals surface area contributed by atoms with Crippen molar-refractivity contribution in [1.29, 1.82) is 0 Å². The predicted molar refractivity (Wildman–Crippen MR) is 380 cm³/mol. The molecule has 5 N–H and O–H groups in total. The van der Waals surface area contributed by atoms with E-state index in [1.165, 1.54) is 48.7 Å². The molecule has 0 unspecified atom stereocenters. The van der Waals surface area contributed by atoms with E-state index < -0.39 is 20.0 Å². The number of imidazole rings is 3. The summed E-state index contributed by atoms with van der Waals surface area (Å²) in [5.41, 5.74) is 15.9. The molecule has 6 aromatic heterocycles. The minimum Gasteiger partial charge on any atom is -0.493 e. The number of nitrogens with one attached hydrogen (secondary N) is 3. The number of rotatable bonds is 17. The van der Waals surface area contributed by atoms with Crippen LogP contribution in [0.4, 0.5) is 31.0 Å². The number of halogens is 3. The van der Waals surface area contributed by atoms with E-state index >= 15 is 0 Å². The van der Waals surface area contributed by atoms with E-state index in [0.717, 1.165) is 114 Å². The van der Waals surface area contributed by atoms with Crippen molar-refractivity contribution >= 4 is 60.7 Å². The molecule has 0 saturated carbocycles. The van der Waals surface area contributed by atoms with Crippen LogP contribution in [0.1, 0.15) is 74.4 Å². The summed E-state index contributed by atoms with van der Waals surface area (Å²) in [6.07, 6.45) is 14.4. The van der Waals surface area contributed by atoms with Gasteiger partial charge in [0.05, 0.1) is 46.7 Å². The van der Waals surface area contributed by atoms with Crippen LogP contribution in [0.5, 0.6) is 17.2 Å². The van der Waals surface area contributed by atoms with Gasteiger partial charge in [-0.2, -0.15) is 0 Å². The first-order valence-corrected chi connectivity index (χ1v) is 36.1. The van der Waals surface area contributed by atoms with Crippen molar-refractivity contribution in [2.24, 2.45) is 5.14 Å². The van der Waals surface area contributed by atoms with E-state index in [1.807, 2.05) is 72.1 Å². The molecule has 10 heterocycles. The van der Waals surface area contributed by atoms with Crippen molar-refractivity contribution < 1.29 is 49.0 Å². The summed E-state index contributed by atoms with van der Waals surface area (Å²) >= 11 is 0. The molecule has 28 heteroatoms. The van der Waals surface area contributed by atoms with E-state index in [9.17, 15) is 34.8 Å².